The maximum Gasteiger partial charge on any atom is 0.252 e. The van der Waals surface area contributed by atoms with Crippen LogP contribution in [0.25, 0.3) is 0 Å². The fourth-order valence-electron chi connectivity index (χ4n) is 2.54. The number of rotatable bonds is 2. The van der Waals surface area contributed by atoms with Gasteiger partial charge in [0.25, 0.3) is 11.8 Å². The van der Waals surface area contributed by atoms with Crippen LogP contribution in [0, 0.1) is 6.92 Å². The SMILES string of the molecule is Cc1cccnc1NC(=O)C1(C)CC(=O)N=C2C=CC=CN21. The maximum atomic E-state index is 12.8. The lowest BCUT2D eigenvalue weighted by Gasteiger charge is -2.41. The van der Waals surface area contributed by atoms with Gasteiger partial charge in [0.15, 0.2) is 0 Å². The van der Waals surface area contributed by atoms with E-state index in [1.807, 2.05) is 19.1 Å². The molecule has 0 radical (unpaired) electrons. The molecule has 1 N–H and O–H groups in total. The Hall–Kier alpha value is -2.76. The molecule has 0 aromatic carbocycles. The summed E-state index contributed by atoms with van der Waals surface area (Å²) in [7, 11) is 0. The second-order valence-corrected chi connectivity index (χ2v) is 5.51. The van der Waals surface area contributed by atoms with Crippen molar-refractivity contribution in [2.24, 2.45) is 4.99 Å². The van der Waals surface area contributed by atoms with Gasteiger partial charge in [-0.05, 0) is 37.6 Å². The summed E-state index contributed by atoms with van der Waals surface area (Å²) >= 11 is 0. The number of anilines is 1. The number of carbonyl (C=O) groups is 2. The summed E-state index contributed by atoms with van der Waals surface area (Å²) in [6.45, 7) is 3.60. The molecule has 6 nitrogen and oxygen atoms in total. The number of hydrogen-bond acceptors (Lipinski definition) is 4. The third-order valence-electron chi connectivity index (χ3n) is 3.84. The zero-order valence-corrected chi connectivity index (χ0v) is 12.4. The highest BCUT2D eigenvalue weighted by Gasteiger charge is 2.45. The summed E-state index contributed by atoms with van der Waals surface area (Å²) in [5.74, 6) is 0.396. The van der Waals surface area contributed by atoms with E-state index in [0.717, 1.165) is 5.56 Å². The van der Waals surface area contributed by atoms with Crippen molar-refractivity contribution in [3.63, 3.8) is 0 Å². The fraction of sp³-hybridized carbons (Fsp3) is 0.250. The number of aryl methyl sites for hydroxylation is 1. The minimum Gasteiger partial charge on any atom is -0.317 e. The molecule has 6 heteroatoms. The van der Waals surface area contributed by atoms with Crippen molar-refractivity contribution < 1.29 is 9.59 Å². The first-order chi connectivity index (χ1) is 10.5. The lowest BCUT2D eigenvalue weighted by atomic mass is 9.91. The van der Waals surface area contributed by atoms with Gasteiger partial charge in [0.05, 0.1) is 6.42 Å². The summed E-state index contributed by atoms with van der Waals surface area (Å²) in [6, 6.07) is 3.67. The van der Waals surface area contributed by atoms with Crippen molar-refractivity contribution in [2.45, 2.75) is 25.8 Å². The fourth-order valence-corrected chi connectivity index (χ4v) is 2.54. The molecule has 3 rings (SSSR count). The van der Waals surface area contributed by atoms with Crippen LogP contribution in [0.1, 0.15) is 18.9 Å². The van der Waals surface area contributed by atoms with Gasteiger partial charge >= 0.3 is 0 Å². The van der Waals surface area contributed by atoms with Crippen LogP contribution in [-0.2, 0) is 9.59 Å². The van der Waals surface area contributed by atoms with Crippen molar-refractivity contribution >= 4 is 23.5 Å². The first-order valence-electron chi connectivity index (χ1n) is 6.99. The summed E-state index contributed by atoms with van der Waals surface area (Å²) < 4.78 is 0. The minimum absolute atomic E-state index is 0.0202. The Labute approximate surface area is 128 Å². The second-order valence-electron chi connectivity index (χ2n) is 5.51. The molecule has 1 aromatic rings. The molecule has 1 aromatic heterocycles. The quantitative estimate of drug-likeness (QED) is 0.903. The topological polar surface area (TPSA) is 74.7 Å². The number of aliphatic imine (C=N–C) groups is 1. The standard InChI is InChI=1S/C16H16N4O2/c1-11-6-5-8-17-14(11)19-15(22)16(2)10-13(21)18-12-7-3-4-9-20(12)16/h3-9H,10H2,1-2H3,(H,17,19,22). The lowest BCUT2D eigenvalue weighted by molar-refractivity contribution is -0.130. The van der Waals surface area contributed by atoms with Gasteiger partial charge in [-0.25, -0.2) is 4.98 Å². The molecule has 1 unspecified atom stereocenters. The number of amidine groups is 1. The highest BCUT2D eigenvalue weighted by Crippen LogP contribution is 2.29. The first-order valence-corrected chi connectivity index (χ1v) is 6.99. The Morgan fingerprint density at radius 3 is 3.00 bits per heavy atom. The van der Waals surface area contributed by atoms with E-state index in [1.54, 1.807) is 42.4 Å². The van der Waals surface area contributed by atoms with Crippen LogP contribution in [-0.4, -0.2) is 33.1 Å². The molecule has 0 fully saturated rings. The molecule has 3 heterocycles. The molecule has 1 atom stereocenters. The molecule has 2 aliphatic heterocycles. The molecule has 0 saturated heterocycles. The molecule has 2 aliphatic rings. The van der Waals surface area contributed by atoms with Gasteiger partial charge in [-0.1, -0.05) is 12.1 Å². The van der Waals surface area contributed by atoms with Crippen molar-refractivity contribution in [3.8, 4) is 0 Å². The Morgan fingerprint density at radius 1 is 1.41 bits per heavy atom. The van der Waals surface area contributed by atoms with E-state index >= 15 is 0 Å². The summed E-state index contributed by atoms with van der Waals surface area (Å²) in [4.78, 5) is 34.5. The zero-order valence-electron chi connectivity index (χ0n) is 12.4. The smallest absolute Gasteiger partial charge is 0.252 e. The van der Waals surface area contributed by atoms with Gasteiger partial charge < -0.3 is 10.2 Å². The van der Waals surface area contributed by atoms with E-state index < -0.39 is 5.54 Å². The van der Waals surface area contributed by atoms with Crippen LogP contribution in [0.4, 0.5) is 5.82 Å². The van der Waals surface area contributed by atoms with E-state index in [-0.39, 0.29) is 18.2 Å². The largest absolute Gasteiger partial charge is 0.317 e. The minimum atomic E-state index is -1.03. The predicted octanol–water partition coefficient (Wildman–Crippen LogP) is 1.80. The van der Waals surface area contributed by atoms with Crippen molar-refractivity contribution in [1.29, 1.82) is 0 Å². The maximum absolute atomic E-state index is 12.8. The average Bonchev–Trinajstić information content (AvgIpc) is 2.49. The van der Waals surface area contributed by atoms with Crippen LogP contribution in [0.3, 0.4) is 0 Å². The van der Waals surface area contributed by atoms with Gasteiger partial charge in [-0.3, -0.25) is 9.59 Å². The Balaban J connectivity index is 1.92. The number of nitrogens with one attached hydrogen (secondary N) is 1. The number of nitrogens with zero attached hydrogens (tertiary/aromatic N) is 3. The number of amides is 2. The predicted molar refractivity (Wildman–Crippen MR) is 83.2 cm³/mol. The summed E-state index contributed by atoms with van der Waals surface area (Å²) in [5, 5.41) is 2.82. The summed E-state index contributed by atoms with van der Waals surface area (Å²) in [6.07, 6.45) is 8.71. The van der Waals surface area contributed by atoms with Crippen molar-refractivity contribution in [1.82, 2.24) is 9.88 Å². The Morgan fingerprint density at radius 2 is 2.23 bits per heavy atom. The van der Waals surface area contributed by atoms with Gasteiger partial charge in [-0.2, -0.15) is 4.99 Å². The van der Waals surface area contributed by atoms with E-state index in [0.29, 0.717) is 11.7 Å². The highest BCUT2D eigenvalue weighted by atomic mass is 16.2. The number of fused-ring (bicyclic) bond motifs is 1. The number of aromatic nitrogens is 1. The lowest BCUT2D eigenvalue weighted by Crippen LogP contribution is -2.58. The normalized spacial score (nSPS) is 23.1. The molecule has 0 saturated carbocycles. The van der Waals surface area contributed by atoms with E-state index in [2.05, 4.69) is 15.3 Å². The summed E-state index contributed by atoms with van der Waals surface area (Å²) in [5.41, 5.74) is -0.163. The van der Waals surface area contributed by atoms with Crippen molar-refractivity contribution in [2.75, 3.05) is 5.32 Å². The van der Waals surface area contributed by atoms with Crippen LogP contribution in [0.15, 0.2) is 47.7 Å². The van der Waals surface area contributed by atoms with Gasteiger partial charge in [-0.15, -0.1) is 0 Å². The third-order valence-corrected chi connectivity index (χ3v) is 3.84. The van der Waals surface area contributed by atoms with Crippen LogP contribution in [0.2, 0.25) is 0 Å². The van der Waals surface area contributed by atoms with E-state index in [1.165, 1.54) is 0 Å². The van der Waals surface area contributed by atoms with Gasteiger partial charge in [0, 0.05) is 12.4 Å². The Bertz CT molecular complexity index is 735. The van der Waals surface area contributed by atoms with Gasteiger partial charge in [0.1, 0.15) is 17.2 Å². The average molecular weight is 296 g/mol. The van der Waals surface area contributed by atoms with E-state index in [9.17, 15) is 9.59 Å². The van der Waals surface area contributed by atoms with Crippen LogP contribution < -0.4 is 5.32 Å². The van der Waals surface area contributed by atoms with Crippen LogP contribution >= 0.6 is 0 Å². The molecule has 0 aliphatic carbocycles. The highest BCUT2D eigenvalue weighted by molar-refractivity contribution is 6.11. The number of hydrogen-bond donors (Lipinski definition) is 1. The number of carbonyl (C=O) groups excluding carboxylic acids is 2. The molecule has 0 spiro atoms. The van der Waals surface area contributed by atoms with E-state index in [4.69, 9.17) is 0 Å². The van der Waals surface area contributed by atoms with Gasteiger partial charge in [0.2, 0.25) is 0 Å². The zero-order chi connectivity index (χ0) is 15.7. The first kappa shape index (κ1) is 14.2. The molecular weight excluding hydrogens is 280 g/mol. The van der Waals surface area contributed by atoms with Crippen molar-refractivity contribution in [3.05, 3.63) is 48.3 Å². The second kappa shape index (κ2) is 5.22. The molecule has 2 amide bonds. The molecular formula is C16H16N4O2. The third kappa shape index (κ3) is 2.32. The van der Waals surface area contributed by atoms with Crippen LogP contribution in [0.5, 0.6) is 0 Å². The molecule has 22 heavy (non-hydrogen) atoms. The Kier molecular flexibility index (Phi) is 3.36. The molecule has 0 bridgehead atoms. The molecule has 112 valence electrons. The number of pyridine rings is 1. The monoisotopic (exact) mass is 296 g/mol. The number of allylic oxidation sites excluding steroid dienone is 2.